The minimum absolute atomic E-state index is 0.0873. The van der Waals surface area contributed by atoms with E-state index in [2.05, 4.69) is 4.98 Å². The molecule has 0 saturated heterocycles. The van der Waals surface area contributed by atoms with Gasteiger partial charge in [-0.25, -0.2) is 0 Å². The Balaban J connectivity index is 2.35. The Labute approximate surface area is 127 Å². The molecule has 1 amide bonds. The Morgan fingerprint density at radius 3 is 2.57 bits per heavy atom. The number of aromatic nitrogens is 1. The van der Waals surface area contributed by atoms with E-state index in [1.54, 1.807) is 12.1 Å². The predicted octanol–water partition coefficient (Wildman–Crippen LogP) is 1.70. The number of nitrogens with one attached hydrogen (secondary N) is 1. The molecule has 0 atom stereocenters. The van der Waals surface area contributed by atoms with Crippen LogP contribution in [0.5, 0.6) is 0 Å². The normalized spacial score (nSPS) is 10.1. The standard InChI is InChI=1S/C15H15N3O2S/c16-14(21)7-9-18(11-4-2-1-3-5-11)15(20)12-10-17-8-6-13(12)19/h1-6,8,10H,7,9H2,(H2,16,21)(H,17,19). The summed E-state index contributed by atoms with van der Waals surface area (Å²) in [4.78, 5) is 29.0. The van der Waals surface area contributed by atoms with E-state index in [-0.39, 0.29) is 16.9 Å². The fourth-order valence-corrected chi connectivity index (χ4v) is 2.00. The second-order valence-corrected chi connectivity index (χ2v) is 4.96. The molecule has 0 unspecified atom stereocenters. The molecule has 21 heavy (non-hydrogen) atoms. The van der Waals surface area contributed by atoms with E-state index in [0.717, 1.165) is 0 Å². The van der Waals surface area contributed by atoms with Crippen LogP contribution in [0.2, 0.25) is 0 Å². The van der Waals surface area contributed by atoms with Gasteiger partial charge in [0.15, 0.2) is 5.43 Å². The lowest BCUT2D eigenvalue weighted by atomic mass is 10.2. The molecule has 0 fully saturated rings. The van der Waals surface area contributed by atoms with Crippen LogP contribution < -0.4 is 16.1 Å². The molecule has 1 heterocycles. The first kappa shape index (κ1) is 14.9. The van der Waals surface area contributed by atoms with E-state index >= 15 is 0 Å². The van der Waals surface area contributed by atoms with Crippen molar-refractivity contribution in [3.05, 3.63) is 64.6 Å². The highest BCUT2D eigenvalue weighted by Crippen LogP contribution is 2.16. The zero-order chi connectivity index (χ0) is 15.2. The van der Waals surface area contributed by atoms with Gasteiger partial charge in [-0.3, -0.25) is 9.59 Å². The molecule has 1 aromatic carbocycles. The number of para-hydroxylation sites is 1. The number of hydrogen-bond donors (Lipinski definition) is 2. The van der Waals surface area contributed by atoms with Crippen molar-refractivity contribution in [3.63, 3.8) is 0 Å². The minimum Gasteiger partial charge on any atom is -0.393 e. The molecular formula is C15H15N3O2S. The van der Waals surface area contributed by atoms with E-state index in [4.69, 9.17) is 18.0 Å². The van der Waals surface area contributed by atoms with Crippen molar-refractivity contribution >= 4 is 28.8 Å². The second kappa shape index (κ2) is 6.81. The van der Waals surface area contributed by atoms with Crippen molar-refractivity contribution in [2.24, 2.45) is 5.73 Å². The maximum absolute atomic E-state index is 12.6. The number of benzene rings is 1. The Morgan fingerprint density at radius 2 is 1.95 bits per heavy atom. The zero-order valence-electron chi connectivity index (χ0n) is 11.3. The molecule has 0 aliphatic carbocycles. The van der Waals surface area contributed by atoms with E-state index < -0.39 is 0 Å². The van der Waals surface area contributed by atoms with Gasteiger partial charge in [0, 0.05) is 37.1 Å². The van der Waals surface area contributed by atoms with Gasteiger partial charge in [0.25, 0.3) is 5.91 Å². The van der Waals surface area contributed by atoms with Crippen LogP contribution in [-0.4, -0.2) is 22.4 Å². The number of aromatic amines is 1. The number of carbonyl (C=O) groups is 1. The van der Waals surface area contributed by atoms with Crippen molar-refractivity contribution < 1.29 is 4.79 Å². The smallest absolute Gasteiger partial charge is 0.263 e. The van der Waals surface area contributed by atoms with Gasteiger partial charge in [-0.1, -0.05) is 30.4 Å². The second-order valence-electron chi connectivity index (χ2n) is 4.43. The van der Waals surface area contributed by atoms with Gasteiger partial charge < -0.3 is 15.6 Å². The third-order valence-corrected chi connectivity index (χ3v) is 3.15. The molecule has 0 aliphatic heterocycles. The molecule has 108 valence electrons. The lowest BCUT2D eigenvalue weighted by Crippen LogP contribution is -2.36. The third kappa shape index (κ3) is 3.76. The molecule has 0 bridgehead atoms. The van der Waals surface area contributed by atoms with Crippen molar-refractivity contribution in [3.8, 4) is 0 Å². The SMILES string of the molecule is NC(=S)CCN(C(=O)c1c[nH]ccc1=O)c1ccccc1. The number of carbonyl (C=O) groups excluding carboxylic acids is 1. The number of pyridine rings is 1. The molecule has 0 aliphatic rings. The van der Waals surface area contributed by atoms with Crippen LogP contribution in [0.25, 0.3) is 0 Å². The van der Waals surface area contributed by atoms with Crippen molar-refractivity contribution in [1.82, 2.24) is 4.98 Å². The summed E-state index contributed by atoms with van der Waals surface area (Å²) in [5, 5.41) is 0. The fraction of sp³-hybridized carbons (Fsp3) is 0.133. The van der Waals surface area contributed by atoms with Crippen molar-refractivity contribution in [2.45, 2.75) is 6.42 Å². The topological polar surface area (TPSA) is 79.2 Å². The number of thiocarbonyl (C=S) groups is 1. The molecule has 0 spiro atoms. The molecule has 1 aromatic heterocycles. The third-order valence-electron chi connectivity index (χ3n) is 2.95. The zero-order valence-corrected chi connectivity index (χ0v) is 12.1. The first-order valence-electron chi connectivity index (χ1n) is 6.42. The van der Waals surface area contributed by atoms with Gasteiger partial charge in [0.05, 0.1) is 4.99 Å². The monoisotopic (exact) mass is 301 g/mol. The van der Waals surface area contributed by atoms with Gasteiger partial charge in [0.2, 0.25) is 0 Å². The lowest BCUT2D eigenvalue weighted by molar-refractivity contribution is 0.0986. The Kier molecular flexibility index (Phi) is 4.84. The van der Waals surface area contributed by atoms with Gasteiger partial charge in [-0.2, -0.15) is 0 Å². The van der Waals surface area contributed by atoms with Crippen LogP contribution in [0.4, 0.5) is 5.69 Å². The molecular weight excluding hydrogens is 286 g/mol. The van der Waals surface area contributed by atoms with Crippen molar-refractivity contribution in [1.29, 1.82) is 0 Å². The molecule has 2 aromatic rings. The first-order chi connectivity index (χ1) is 10.1. The maximum Gasteiger partial charge on any atom is 0.263 e. The first-order valence-corrected chi connectivity index (χ1v) is 6.83. The van der Waals surface area contributed by atoms with Gasteiger partial charge in [-0.15, -0.1) is 0 Å². The van der Waals surface area contributed by atoms with E-state index in [0.29, 0.717) is 23.6 Å². The maximum atomic E-state index is 12.6. The van der Waals surface area contributed by atoms with Crippen LogP contribution in [-0.2, 0) is 0 Å². The number of nitrogens with two attached hydrogens (primary N) is 1. The molecule has 0 radical (unpaired) electrons. The van der Waals surface area contributed by atoms with Gasteiger partial charge in [-0.05, 0) is 12.1 Å². The number of hydrogen-bond acceptors (Lipinski definition) is 3. The number of nitrogens with zero attached hydrogens (tertiary/aromatic N) is 1. The summed E-state index contributed by atoms with van der Waals surface area (Å²) in [6.45, 7) is 0.326. The summed E-state index contributed by atoms with van der Waals surface area (Å²) in [6.07, 6.45) is 3.28. The summed E-state index contributed by atoms with van der Waals surface area (Å²) in [7, 11) is 0. The number of H-pyrrole nitrogens is 1. The molecule has 5 nitrogen and oxygen atoms in total. The summed E-state index contributed by atoms with van der Waals surface area (Å²) in [5.41, 5.74) is 5.97. The Hall–Kier alpha value is -2.47. The van der Waals surface area contributed by atoms with Crippen LogP contribution >= 0.6 is 12.2 Å². The van der Waals surface area contributed by atoms with Gasteiger partial charge >= 0.3 is 0 Å². The highest BCUT2D eigenvalue weighted by atomic mass is 32.1. The largest absolute Gasteiger partial charge is 0.393 e. The quantitative estimate of drug-likeness (QED) is 0.824. The van der Waals surface area contributed by atoms with E-state index in [9.17, 15) is 9.59 Å². The van der Waals surface area contributed by atoms with Crippen LogP contribution in [0, 0.1) is 0 Å². The Morgan fingerprint density at radius 1 is 1.24 bits per heavy atom. The van der Waals surface area contributed by atoms with E-state index in [1.807, 2.05) is 18.2 Å². The number of amides is 1. The fourth-order valence-electron chi connectivity index (χ4n) is 1.91. The average molecular weight is 301 g/mol. The molecule has 3 N–H and O–H groups in total. The predicted molar refractivity (Wildman–Crippen MR) is 86.6 cm³/mol. The molecule has 0 saturated carbocycles. The van der Waals surface area contributed by atoms with Crippen molar-refractivity contribution in [2.75, 3.05) is 11.4 Å². The van der Waals surface area contributed by atoms with Gasteiger partial charge in [0.1, 0.15) is 5.56 Å². The van der Waals surface area contributed by atoms with Crippen LogP contribution in [0.3, 0.4) is 0 Å². The van der Waals surface area contributed by atoms with Crippen LogP contribution in [0.15, 0.2) is 53.6 Å². The minimum atomic E-state index is -0.376. The summed E-state index contributed by atoms with van der Waals surface area (Å²) in [5.74, 6) is -0.376. The number of rotatable bonds is 5. The summed E-state index contributed by atoms with van der Waals surface area (Å²) < 4.78 is 0. The van der Waals surface area contributed by atoms with E-state index in [1.165, 1.54) is 23.4 Å². The highest BCUT2D eigenvalue weighted by molar-refractivity contribution is 7.80. The summed E-state index contributed by atoms with van der Waals surface area (Å²) in [6, 6.07) is 10.4. The lowest BCUT2D eigenvalue weighted by Gasteiger charge is -2.22. The Bertz CT molecular complexity index is 697. The molecule has 6 heteroatoms. The summed E-state index contributed by atoms with van der Waals surface area (Å²) >= 11 is 4.86. The highest BCUT2D eigenvalue weighted by Gasteiger charge is 2.19. The average Bonchev–Trinajstić information content (AvgIpc) is 2.48. The van der Waals surface area contributed by atoms with Crippen LogP contribution in [0.1, 0.15) is 16.8 Å². The molecule has 2 rings (SSSR count). The number of anilines is 1.